The average molecular weight is 271 g/mol. The fourth-order valence-electron chi connectivity index (χ4n) is 2.04. The molecule has 0 spiro atoms. The van der Waals surface area contributed by atoms with Gasteiger partial charge < -0.3 is 10.3 Å². The first-order chi connectivity index (χ1) is 9.67. The van der Waals surface area contributed by atoms with Gasteiger partial charge in [-0.05, 0) is 12.5 Å². The number of hydrogen-bond acceptors (Lipinski definition) is 3. The lowest BCUT2D eigenvalue weighted by Gasteiger charge is -2.20. The maximum atomic E-state index is 11.4. The van der Waals surface area contributed by atoms with Crippen LogP contribution in [0.3, 0.4) is 0 Å². The first kappa shape index (κ1) is 13.8. The van der Waals surface area contributed by atoms with E-state index in [1.807, 2.05) is 37.3 Å². The van der Waals surface area contributed by atoms with E-state index >= 15 is 0 Å². The molecular weight excluding hydrogens is 254 g/mol. The van der Waals surface area contributed by atoms with E-state index in [2.05, 4.69) is 4.98 Å². The van der Waals surface area contributed by atoms with Crippen molar-refractivity contribution >= 4 is 18.1 Å². The number of amides is 1. The van der Waals surface area contributed by atoms with Crippen molar-refractivity contribution in [3.63, 3.8) is 0 Å². The van der Waals surface area contributed by atoms with Crippen LogP contribution in [0.1, 0.15) is 18.2 Å². The van der Waals surface area contributed by atoms with Crippen LogP contribution < -0.4 is 10.6 Å². The minimum Gasteiger partial charge on any atom is -0.382 e. The summed E-state index contributed by atoms with van der Waals surface area (Å²) >= 11 is 0. The van der Waals surface area contributed by atoms with E-state index in [0.29, 0.717) is 24.6 Å². The van der Waals surface area contributed by atoms with E-state index in [-0.39, 0.29) is 5.84 Å². The maximum Gasteiger partial charge on any atom is 0.215 e. The number of aromatic nitrogens is 2. The molecule has 6 nitrogen and oxygen atoms in total. The molecule has 0 aliphatic carbocycles. The van der Waals surface area contributed by atoms with Gasteiger partial charge in [-0.25, -0.2) is 4.98 Å². The van der Waals surface area contributed by atoms with Crippen LogP contribution in [0.4, 0.5) is 5.82 Å². The van der Waals surface area contributed by atoms with Gasteiger partial charge in [0.2, 0.25) is 6.41 Å². The molecule has 0 saturated heterocycles. The molecule has 0 radical (unpaired) electrons. The first-order valence-electron chi connectivity index (χ1n) is 6.32. The van der Waals surface area contributed by atoms with Crippen molar-refractivity contribution in [2.24, 2.45) is 5.73 Å². The van der Waals surface area contributed by atoms with Crippen molar-refractivity contribution < 1.29 is 4.79 Å². The van der Waals surface area contributed by atoms with E-state index in [0.717, 1.165) is 12.0 Å². The molecular formula is C14H17N5O. The molecule has 0 bridgehead atoms. The third-order valence-electron chi connectivity index (χ3n) is 3.00. The van der Waals surface area contributed by atoms with Gasteiger partial charge in [0.25, 0.3) is 0 Å². The molecule has 0 aliphatic rings. The lowest BCUT2D eigenvalue weighted by Crippen LogP contribution is -2.26. The number of nitrogens with two attached hydrogens (primary N) is 1. The van der Waals surface area contributed by atoms with Gasteiger partial charge in [0.05, 0.1) is 12.9 Å². The van der Waals surface area contributed by atoms with Crippen LogP contribution >= 0.6 is 0 Å². The summed E-state index contributed by atoms with van der Waals surface area (Å²) in [4.78, 5) is 17.1. The van der Waals surface area contributed by atoms with E-state index in [9.17, 15) is 4.79 Å². The van der Waals surface area contributed by atoms with Crippen LogP contribution in [0.15, 0.2) is 36.7 Å². The van der Waals surface area contributed by atoms with Crippen molar-refractivity contribution in [2.75, 3.05) is 4.90 Å². The summed E-state index contributed by atoms with van der Waals surface area (Å²) in [5.74, 6) is 0.408. The van der Waals surface area contributed by atoms with Crippen LogP contribution in [0.25, 0.3) is 0 Å². The third kappa shape index (κ3) is 2.69. The van der Waals surface area contributed by atoms with Gasteiger partial charge in [-0.1, -0.05) is 30.3 Å². The van der Waals surface area contributed by atoms with E-state index in [1.54, 1.807) is 10.9 Å². The summed E-state index contributed by atoms with van der Waals surface area (Å²) < 4.78 is 1.80. The Labute approximate surface area is 117 Å². The fraction of sp³-hybridized carbons (Fsp3) is 0.214. The Morgan fingerprint density at radius 2 is 2.15 bits per heavy atom. The second kappa shape index (κ2) is 6.01. The lowest BCUT2D eigenvalue weighted by atomic mass is 10.2. The highest BCUT2D eigenvalue weighted by molar-refractivity contribution is 5.99. The Hall–Kier alpha value is -2.63. The van der Waals surface area contributed by atoms with Crippen LogP contribution in [-0.2, 0) is 17.9 Å². The highest BCUT2D eigenvalue weighted by Crippen LogP contribution is 2.20. The number of carbonyl (C=O) groups excluding carboxylic acids is 1. The summed E-state index contributed by atoms with van der Waals surface area (Å²) in [5, 5.41) is 7.57. The molecule has 2 aromatic rings. The molecule has 6 heteroatoms. The lowest BCUT2D eigenvalue weighted by molar-refractivity contribution is -0.107. The number of hydrogen-bond donors (Lipinski definition) is 2. The number of nitrogens with one attached hydrogen (secondary N) is 1. The topological polar surface area (TPSA) is 88.0 Å². The fourth-order valence-corrected chi connectivity index (χ4v) is 2.04. The zero-order valence-electron chi connectivity index (χ0n) is 11.3. The third-order valence-corrected chi connectivity index (χ3v) is 3.00. The van der Waals surface area contributed by atoms with Crippen LogP contribution in [0.5, 0.6) is 0 Å². The predicted molar refractivity (Wildman–Crippen MR) is 77.6 cm³/mol. The number of amidine groups is 1. The highest BCUT2D eigenvalue weighted by Gasteiger charge is 2.19. The summed E-state index contributed by atoms with van der Waals surface area (Å²) in [5.41, 5.74) is 6.86. The number of anilines is 1. The van der Waals surface area contributed by atoms with E-state index < -0.39 is 0 Å². The van der Waals surface area contributed by atoms with Gasteiger partial charge in [0.15, 0.2) is 0 Å². The van der Waals surface area contributed by atoms with E-state index in [4.69, 9.17) is 11.1 Å². The van der Waals surface area contributed by atoms with Gasteiger partial charge >= 0.3 is 0 Å². The second-order valence-corrected chi connectivity index (χ2v) is 4.34. The summed E-state index contributed by atoms with van der Waals surface area (Å²) in [6.45, 7) is 3.01. The molecule has 1 heterocycles. The zero-order valence-corrected chi connectivity index (χ0v) is 11.3. The Balaban J connectivity index is 2.38. The van der Waals surface area contributed by atoms with Crippen molar-refractivity contribution in [1.29, 1.82) is 5.41 Å². The van der Waals surface area contributed by atoms with Gasteiger partial charge in [-0.3, -0.25) is 15.1 Å². The molecule has 0 atom stereocenters. The number of imidazole rings is 1. The largest absolute Gasteiger partial charge is 0.382 e. The van der Waals surface area contributed by atoms with Crippen molar-refractivity contribution in [1.82, 2.24) is 9.55 Å². The van der Waals surface area contributed by atoms with E-state index in [1.165, 1.54) is 4.90 Å². The van der Waals surface area contributed by atoms with Gasteiger partial charge in [0.1, 0.15) is 17.3 Å². The average Bonchev–Trinajstić information content (AvgIpc) is 2.89. The first-order valence-corrected chi connectivity index (χ1v) is 6.32. The monoisotopic (exact) mass is 271 g/mol. The van der Waals surface area contributed by atoms with Crippen LogP contribution in [-0.4, -0.2) is 21.8 Å². The molecule has 0 unspecified atom stereocenters. The number of benzene rings is 1. The van der Waals surface area contributed by atoms with Crippen molar-refractivity contribution in [2.45, 2.75) is 20.0 Å². The minimum absolute atomic E-state index is 0.146. The smallest absolute Gasteiger partial charge is 0.215 e. The summed E-state index contributed by atoms with van der Waals surface area (Å²) in [7, 11) is 0. The number of carbonyl (C=O) groups is 1. The predicted octanol–water partition coefficient (Wildman–Crippen LogP) is 1.35. The van der Waals surface area contributed by atoms with Gasteiger partial charge in [-0.15, -0.1) is 0 Å². The number of aryl methyl sites for hydroxylation is 1. The molecule has 2 rings (SSSR count). The summed E-state index contributed by atoms with van der Waals surface area (Å²) in [6, 6.07) is 9.64. The van der Waals surface area contributed by atoms with Gasteiger partial charge in [0, 0.05) is 6.54 Å². The molecule has 1 aromatic heterocycles. The number of nitrogens with zero attached hydrogens (tertiary/aromatic N) is 3. The summed E-state index contributed by atoms with van der Waals surface area (Å²) in [6.07, 6.45) is 2.33. The SMILES string of the molecule is CCn1cnc(C(=N)N)c1N(C=O)Cc1ccccc1. The molecule has 0 aliphatic heterocycles. The molecule has 0 fully saturated rings. The number of nitrogen functional groups attached to an aromatic ring is 1. The second-order valence-electron chi connectivity index (χ2n) is 4.34. The minimum atomic E-state index is -0.146. The molecule has 1 aromatic carbocycles. The van der Waals surface area contributed by atoms with Crippen LogP contribution in [0, 0.1) is 5.41 Å². The van der Waals surface area contributed by atoms with Crippen LogP contribution in [0.2, 0.25) is 0 Å². The Morgan fingerprint density at radius 3 is 2.70 bits per heavy atom. The molecule has 20 heavy (non-hydrogen) atoms. The highest BCUT2D eigenvalue weighted by atomic mass is 16.1. The molecule has 3 N–H and O–H groups in total. The molecule has 0 saturated carbocycles. The van der Waals surface area contributed by atoms with Crippen molar-refractivity contribution in [3.8, 4) is 0 Å². The Bertz CT molecular complexity index is 605. The number of rotatable bonds is 6. The normalized spacial score (nSPS) is 10.2. The maximum absolute atomic E-state index is 11.4. The quantitative estimate of drug-likeness (QED) is 0.472. The molecule has 1 amide bonds. The standard InChI is InChI=1S/C14H17N5O/c1-2-18-9-17-12(13(15)16)14(18)19(10-20)8-11-6-4-3-5-7-11/h3-7,9-10H,2,8H2,1H3,(H3,15,16). The molecule has 104 valence electrons. The Kier molecular flexibility index (Phi) is 4.14. The van der Waals surface area contributed by atoms with Crippen molar-refractivity contribution in [3.05, 3.63) is 47.9 Å². The Morgan fingerprint density at radius 1 is 1.45 bits per heavy atom. The zero-order chi connectivity index (χ0) is 14.5. The van der Waals surface area contributed by atoms with Gasteiger partial charge in [-0.2, -0.15) is 0 Å².